The van der Waals surface area contributed by atoms with Crippen molar-refractivity contribution < 1.29 is 17.6 Å². The minimum Gasteiger partial charge on any atom is -0.415 e. The molecule has 28 heavy (non-hydrogen) atoms. The molecule has 1 saturated heterocycles. The lowest BCUT2D eigenvalue weighted by Crippen LogP contribution is -2.48. The first-order chi connectivity index (χ1) is 13.3. The number of thioether (sulfide) groups is 1. The summed E-state index contributed by atoms with van der Waals surface area (Å²) >= 11 is 1.26. The van der Waals surface area contributed by atoms with Crippen LogP contribution in [0.5, 0.6) is 0 Å². The maximum atomic E-state index is 12.4. The van der Waals surface area contributed by atoms with Gasteiger partial charge in [0.15, 0.2) is 9.84 Å². The zero-order chi connectivity index (χ0) is 19.5. The molecule has 4 aliphatic carbocycles. The van der Waals surface area contributed by atoms with E-state index < -0.39 is 15.1 Å². The van der Waals surface area contributed by atoms with E-state index in [2.05, 4.69) is 15.5 Å². The average molecular weight is 426 g/mol. The van der Waals surface area contributed by atoms with Crippen molar-refractivity contribution in [2.75, 3.05) is 11.5 Å². The standard InChI is InChI=1S/C19H27N3O4S2/c1-11(16(23)20-15-2-3-28(24,25)10-15)27-18-22-21-17(26-18)19-7-12-4-13(8-19)6-14(5-12)9-19/h11-15H,2-10H2,1H3,(H,20,23)/t11-,12?,13?,14?,15+,19?/m0/s1. The molecule has 5 fully saturated rings. The number of nitrogens with zero attached hydrogens (tertiary/aromatic N) is 2. The molecular formula is C19H27N3O4S2. The van der Waals surface area contributed by atoms with Crippen LogP contribution < -0.4 is 5.32 Å². The molecule has 2 heterocycles. The summed E-state index contributed by atoms with van der Waals surface area (Å²) in [5.41, 5.74) is 0.0598. The molecule has 1 N–H and O–H groups in total. The van der Waals surface area contributed by atoms with Crippen LogP contribution in [-0.4, -0.2) is 47.3 Å². The predicted octanol–water partition coefficient (Wildman–Crippen LogP) is 2.32. The fourth-order valence-electron chi connectivity index (χ4n) is 6.28. The first-order valence-corrected chi connectivity index (χ1v) is 13.0. The van der Waals surface area contributed by atoms with Crippen molar-refractivity contribution in [2.24, 2.45) is 17.8 Å². The molecule has 2 atom stereocenters. The van der Waals surface area contributed by atoms with Crippen LogP contribution in [0.3, 0.4) is 0 Å². The lowest BCUT2D eigenvalue weighted by atomic mass is 9.49. The summed E-state index contributed by atoms with van der Waals surface area (Å²) in [7, 11) is -3.01. The van der Waals surface area contributed by atoms with Gasteiger partial charge in [0.1, 0.15) is 0 Å². The Morgan fingerprint density at radius 3 is 2.39 bits per heavy atom. The van der Waals surface area contributed by atoms with Gasteiger partial charge in [0.2, 0.25) is 11.8 Å². The van der Waals surface area contributed by atoms with E-state index in [1.54, 1.807) is 6.92 Å². The number of amides is 1. The molecular weight excluding hydrogens is 398 g/mol. The number of sulfone groups is 1. The lowest BCUT2D eigenvalue weighted by Gasteiger charge is -2.55. The third kappa shape index (κ3) is 3.49. The second kappa shape index (κ2) is 6.72. The highest BCUT2D eigenvalue weighted by molar-refractivity contribution is 8.00. The molecule has 4 saturated carbocycles. The van der Waals surface area contributed by atoms with Crippen molar-refractivity contribution >= 4 is 27.5 Å². The Morgan fingerprint density at radius 1 is 1.18 bits per heavy atom. The Bertz CT molecular complexity index is 846. The fourth-order valence-corrected chi connectivity index (χ4v) is 8.64. The number of hydrogen-bond donors (Lipinski definition) is 1. The molecule has 0 spiro atoms. The Hall–Kier alpha value is -1.09. The van der Waals surface area contributed by atoms with Crippen molar-refractivity contribution in [2.45, 2.75) is 73.8 Å². The van der Waals surface area contributed by atoms with E-state index in [0.717, 1.165) is 23.6 Å². The van der Waals surface area contributed by atoms with Crippen molar-refractivity contribution in [3.63, 3.8) is 0 Å². The van der Waals surface area contributed by atoms with Gasteiger partial charge in [-0.25, -0.2) is 8.42 Å². The largest absolute Gasteiger partial charge is 0.415 e. The minimum absolute atomic E-state index is 0.0346. The van der Waals surface area contributed by atoms with E-state index >= 15 is 0 Å². The number of carbonyl (C=O) groups is 1. The topological polar surface area (TPSA) is 102 Å². The van der Waals surface area contributed by atoms with Crippen LogP contribution in [0.4, 0.5) is 0 Å². The normalized spacial score (nSPS) is 39.2. The highest BCUT2D eigenvalue weighted by Crippen LogP contribution is 2.60. The monoisotopic (exact) mass is 425 g/mol. The number of carbonyl (C=O) groups excluding carboxylic acids is 1. The maximum Gasteiger partial charge on any atom is 0.277 e. The summed E-state index contributed by atoms with van der Waals surface area (Å²) in [4.78, 5) is 12.4. The van der Waals surface area contributed by atoms with Crippen LogP contribution in [0, 0.1) is 17.8 Å². The van der Waals surface area contributed by atoms with Gasteiger partial charge in [-0.1, -0.05) is 11.8 Å². The quantitative estimate of drug-likeness (QED) is 0.722. The van der Waals surface area contributed by atoms with Gasteiger partial charge in [0, 0.05) is 11.5 Å². The lowest BCUT2D eigenvalue weighted by molar-refractivity contribution is -0.120. The first kappa shape index (κ1) is 18.9. The SMILES string of the molecule is C[C@H](Sc1nnc(C23CC4CC(CC(C4)C2)C3)o1)C(=O)N[C@@H]1CCS(=O)(=O)C1. The van der Waals surface area contributed by atoms with E-state index in [4.69, 9.17) is 4.42 Å². The van der Waals surface area contributed by atoms with E-state index in [1.165, 1.54) is 50.3 Å². The van der Waals surface area contributed by atoms with Crippen molar-refractivity contribution in [3.8, 4) is 0 Å². The Kier molecular flexibility index (Phi) is 4.54. The van der Waals surface area contributed by atoms with E-state index in [0.29, 0.717) is 11.6 Å². The Labute approximate surface area is 169 Å². The van der Waals surface area contributed by atoms with Crippen molar-refractivity contribution in [1.82, 2.24) is 15.5 Å². The van der Waals surface area contributed by atoms with Crippen LogP contribution in [0.25, 0.3) is 0 Å². The summed E-state index contributed by atoms with van der Waals surface area (Å²) in [5, 5.41) is 11.5. The first-order valence-electron chi connectivity index (χ1n) is 10.3. The molecule has 5 aliphatic rings. The third-order valence-corrected chi connectivity index (χ3v) is 9.83. The molecule has 1 aromatic heterocycles. The number of hydrogen-bond acceptors (Lipinski definition) is 7. The predicted molar refractivity (Wildman–Crippen MR) is 105 cm³/mol. The minimum atomic E-state index is -3.01. The third-order valence-electron chi connectivity index (χ3n) is 7.12. The van der Waals surface area contributed by atoms with Crippen LogP contribution in [0.15, 0.2) is 9.64 Å². The smallest absolute Gasteiger partial charge is 0.277 e. The van der Waals surface area contributed by atoms with Gasteiger partial charge in [-0.2, -0.15) is 0 Å². The molecule has 4 bridgehead atoms. The zero-order valence-electron chi connectivity index (χ0n) is 16.1. The summed E-state index contributed by atoms with van der Waals surface area (Å²) in [5.74, 6) is 3.19. The molecule has 0 aromatic carbocycles. The summed E-state index contributed by atoms with van der Waals surface area (Å²) < 4.78 is 29.2. The van der Waals surface area contributed by atoms with E-state index in [1.807, 2.05) is 0 Å². The number of nitrogens with one attached hydrogen (secondary N) is 1. The molecule has 6 rings (SSSR count). The van der Waals surface area contributed by atoms with Crippen LogP contribution in [0.1, 0.15) is 57.8 Å². The Morgan fingerprint density at radius 2 is 1.82 bits per heavy atom. The molecule has 0 unspecified atom stereocenters. The van der Waals surface area contributed by atoms with Gasteiger partial charge in [-0.15, -0.1) is 10.2 Å². The highest BCUT2D eigenvalue weighted by atomic mass is 32.2. The molecule has 0 radical (unpaired) electrons. The fraction of sp³-hybridized carbons (Fsp3) is 0.842. The molecule has 154 valence electrons. The summed E-state index contributed by atoms with van der Waals surface area (Å²) in [6.45, 7) is 1.79. The summed E-state index contributed by atoms with van der Waals surface area (Å²) in [6.07, 6.45) is 8.07. The molecule has 1 amide bonds. The van der Waals surface area contributed by atoms with Gasteiger partial charge in [0.05, 0.1) is 16.8 Å². The number of aromatic nitrogens is 2. The second-order valence-corrected chi connectivity index (χ2v) is 13.0. The van der Waals surface area contributed by atoms with E-state index in [9.17, 15) is 13.2 Å². The Balaban J connectivity index is 1.23. The van der Waals surface area contributed by atoms with Gasteiger partial charge in [0.25, 0.3) is 5.22 Å². The zero-order valence-corrected chi connectivity index (χ0v) is 17.7. The van der Waals surface area contributed by atoms with Crippen LogP contribution >= 0.6 is 11.8 Å². The van der Waals surface area contributed by atoms with Gasteiger partial charge in [-0.3, -0.25) is 4.79 Å². The van der Waals surface area contributed by atoms with Gasteiger partial charge in [-0.05, 0) is 69.6 Å². The van der Waals surface area contributed by atoms with Crippen LogP contribution in [0.2, 0.25) is 0 Å². The average Bonchev–Trinajstić information content (AvgIpc) is 3.20. The van der Waals surface area contributed by atoms with Crippen molar-refractivity contribution in [3.05, 3.63) is 5.89 Å². The summed E-state index contributed by atoms with van der Waals surface area (Å²) in [6, 6.07) is -0.286. The van der Waals surface area contributed by atoms with Gasteiger partial charge >= 0.3 is 0 Å². The molecule has 9 heteroatoms. The molecule has 7 nitrogen and oxygen atoms in total. The molecule has 1 aromatic rings. The van der Waals surface area contributed by atoms with E-state index in [-0.39, 0.29) is 28.9 Å². The second-order valence-electron chi connectivity index (χ2n) is 9.44. The van der Waals surface area contributed by atoms with Crippen molar-refractivity contribution in [1.29, 1.82) is 0 Å². The number of rotatable bonds is 5. The molecule has 1 aliphatic heterocycles. The van der Waals surface area contributed by atoms with Gasteiger partial charge < -0.3 is 9.73 Å². The van der Waals surface area contributed by atoms with Crippen LogP contribution in [-0.2, 0) is 20.0 Å². The highest BCUT2D eigenvalue weighted by Gasteiger charge is 2.54. The maximum absolute atomic E-state index is 12.4.